The Labute approximate surface area is 232 Å². The topological polar surface area (TPSA) is 0 Å². The molecule has 0 radical (unpaired) electrons. The van der Waals surface area contributed by atoms with Crippen LogP contribution in [0.3, 0.4) is 0 Å². The molecule has 0 saturated carbocycles. The molecule has 172 valence electrons. The fourth-order valence-corrected chi connectivity index (χ4v) is 10.5. The van der Waals surface area contributed by atoms with Crippen LogP contribution < -0.4 is 24.8 Å². The van der Waals surface area contributed by atoms with Crippen molar-refractivity contribution in [1.82, 2.24) is 0 Å². The van der Waals surface area contributed by atoms with Crippen LogP contribution in [-0.4, -0.2) is 0 Å². The molecular weight excluding hydrogens is 546 g/mol. The molecule has 35 heavy (non-hydrogen) atoms. The fourth-order valence-electron chi connectivity index (χ4n) is 5.66. The first kappa shape index (κ1) is 25.9. The minimum atomic E-state index is -1.12. The van der Waals surface area contributed by atoms with Crippen LogP contribution in [0.15, 0.2) is 109 Å². The van der Waals surface area contributed by atoms with Crippen LogP contribution in [0.25, 0.3) is 17.7 Å². The zero-order chi connectivity index (χ0) is 22.4. The van der Waals surface area contributed by atoms with Gasteiger partial charge in [0.2, 0.25) is 0 Å². The maximum atomic E-state index is 2.39. The molecule has 0 aromatic heterocycles. The van der Waals surface area contributed by atoms with Crippen LogP contribution in [0.5, 0.6) is 0 Å². The van der Waals surface area contributed by atoms with Gasteiger partial charge in [-0.3, -0.25) is 0 Å². The van der Waals surface area contributed by atoms with E-state index >= 15 is 0 Å². The van der Waals surface area contributed by atoms with Gasteiger partial charge in [0.05, 0.1) is 0 Å². The van der Waals surface area contributed by atoms with E-state index in [0.29, 0.717) is 11.8 Å². The van der Waals surface area contributed by atoms with E-state index in [0.717, 1.165) is 0 Å². The van der Waals surface area contributed by atoms with Gasteiger partial charge in [-0.2, -0.15) is 0 Å². The second kappa shape index (κ2) is 10.8. The van der Waals surface area contributed by atoms with Crippen molar-refractivity contribution in [3.05, 3.63) is 143 Å². The molecule has 0 nitrogen and oxygen atoms in total. The maximum Gasteiger partial charge on any atom is -1.00 e. The van der Waals surface area contributed by atoms with Crippen molar-refractivity contribution < 1.29 is 48.0 Å². The zero-order valence-electron chi connectivity index (χ0n) is 19.8. The molecule has 0 aliphatic heterocycles. The Morgan fingerprint density at radius 1 is 0.457 bits per heavy atom. The van der Waals surface area contributed by atoms with Gasteiger partial charge in [0.15, 0.2) is 0 Å². The molecule has 0 fully saturated rings. The van der Waals surface area contributed by atoms with Gasteiger partial charge in [-0.15, -0.1) is 0 Å². The summed E-state index contributed by atoms with van der Waals surface area (Å²) in [6, 6.07) is 40.4. The molecule has 0 saturated heterocycles. The van der Waals surface area contributed by atoms with Crippen molar-refractivity contribution in [3.63, 3.8) is 0 Å². The van der Waals surface area contributed by atoms with Crippen molar-refractivity contribution in [2.45, 2.75) is 25.7 Å². The Morgan fingerprint density at radius 3 is 1.20 bits per heavy atom. The Morgan fingerprint density at radius 2 is 0.800 bits per heavy atom. The SMILES string of the molecule is CC1C(c2ccccc2)=[C]([Zr+2][C]2=C(c3ccccc3)C(C)c3ccccc32)c2ccccc21.[Cl-].[Cl-]. The summed E-state index contributed by atoms with van der Waals surface area (Å²) in [6.45, 7) is 4.79. The van der Waals surface area contributed by atoms with Crippen molar-refractivity contribution in [2.24, 2.45) is 0 Å². The van der Waals surface area contributed by atoms with E-state index in [-0.39, 0.29) is 24.8 Å². The van der Waals surface area contributed by atoms with E-state index in [1.807, 2.05) is 0 Å². The molecule has 4 aromatic carbocycles. The first-order chi connectivity index (χ1) is 16.2. The average Bonchev–Trinajstić information content (AvgIpc) is 3.32. The number of fused-ring (bicyclic) bond motifs is 2. The van der Waals surface area contributed by atoms with Gasteiger partial charge < -0.3 is 24.8 Å². The standard InChI is InChI=1S/2C16H13.2ClH.Zr/c2*1-12-15-10-6-5-9-14(15)11-16(12)13-7-3-2-4-8-13;;;/h2*2-10,12H,1H3;2*1H;/q;;;;+2/p-2. The van der Waals surface area contributed by atoms with Gasteiger partial charge in [0.1, 0.15) is 0 Å². The molecule has 3 heteroatoms. The van der Waals surface area contributed by atoms with Crippen LogP contribution >= 0.6 is 0 Å². The third-order valence-corrected chi connectivity index (χ3v) is 11.1. The van der Waals surface area contributed by atoms with Crippen molar-refractivity contribution in [1.29, 1.82) is 0 Å². The quantitative estimate of drug-likeness (QED) is 0.353. The van der Waals surface area contributed by atoms with Crippen LogP contribution in [0.4, 0.5) is 0 Å². The second-order valence-corrected chi connectivity index (χ2v) is 12.1. The predicted octanol–water partition coefficient (Wildman–Crippen LogP) is 2.45. The maximum absolute atomic E-state index is 2.39. The second-order valence-electron chi connectivity index (χ2n) is 9.05. The minimum Gasteiger partial charge on any atom is -1.00 e. The summed E-state index contributed by atoms with van der Waals surface area (Å²) < 4.78 is 3.31. The fraction of sp³-hybridized carbons (Fsp3) is 0.125. The van der Waals surface area contributed by atoms with Gasteiger partial charge in [-0.1, -0.05) is 0 Å². The van der Waals surface area contributed by atoms with Crippen molar-refractivity contribution in [2.75, 3.05) is 0 Å². The molecule has 0 spiro atoms. The van der Waals surface area contributed by atoms with Gasteiger partial charge in [-0.25, -0.2) is 0 Å². The van der Waals surface area contributed by atoms with E-state index in [9.17, 15) is 0 Å². The molecular formula is C32H26Cl2Zr. The van der Waals surface area contributed by atoms with Gasteiger partial charge >= 0.3 is 209 Å². The Balaban J connectivity index is 0.00000144. The van der Waals surface area contributed by atoms with Gasteiger partial charge in [0.25, 0.3) is 0 Å². The van der Waals surface area contributed by atoms with Crippen LogP contribution in [0.2, 0.25) is 0 Å². The molecule has 4 aromatic rings. The Hall–Kier alpha value is -2.18. The molecule has 6 rings (SSSR count). The molecule has 2 unspecified atom stereocenters. The third-order valence-electron chi connectivity index (χ3n) is 7.22. The summed E-state index contributed by atoms with van der Waals surface area (Å²) in [5.74, 6) is 0.878. The number of rotatable bonds is 4. The van der Waals surface area contributed by atoms with E-state index in [4.69, 9.17) is 0 Å². The summed E-state index contributed by atoms with van der Waals surface area (Å²) in [6.07, 6.45) is 0. The van der Waals surface area contributed by atoms with Crippen LogP contribution in [0.1, 0.15) is 59.1 Å². The van der Waals surface area contributed by atoms with Crippen molar-refractivity contribution in [3.8, 4) is 0 Å². The predicted molar refractivity (Wildman–Crippen MR) is 136 cm³/mol. The smallest absolute Gasteiger partial charge is 1.00 e. The molecule has 0 bridgehead atoms. The molecule has 2 atom stereocenters. The Bertz CT molecular complexity index is 1290. The first-order valence-corrected chi connectivity index (χ1v) is 14.2. The molecule has 0 N–H and O–H groups in total. The van der Waals surface area contributed by atoms with Gasteiger partial charge in [-0.05, 0) is 0 Å². The number of hydrogen-bond donors (Lipinski definition) is 0. The average molecular weight is 573 g/mol. The number of hydrogen-bond acceptors (Lipinski definition) is 0. The summed E-state index contributed by atoms with van der Waals surface area (Å²) in [5, 5.41) is 0. The van der Waals surface area contributed by atoms with E-state index in [1.165, 1.54) is 33.4 Å². The first-order valence-electron chi connectivity index (χ1n) is 11.8. The van der Waals surface area contributed by atoms with Crippen LogP contribution in [0, 0.1) is 0 Å². The van der Waals surface area contributed by atoms with E-state index in [2.05, 4.69) is 123 Å². The van der Waals surface area contributed by atoms with E-state index in [1.54, 1.807) is 17.7 Å². The number of benzene rings is 4. The normalized spacial score (nSPS) is 17.8. The number of allylic oxidation sites excluding steroid dienone is 2. The summed E-state index contributed by atoms with van der Waals surface area (Å²) in [7, 11) is 0. The molecule has 0 heterocycles. The monoisotopic (exact) mass is 570 g/mol. The summed E-state index contributed by atoms with van der Waals surface area (Å²) in [5.41, 5.74) is 11.9. The third kappa shape index (κ3) is 4.44. The van der Waals surface area contributed by atoms with Crippen LogP contribution in [-0.2, 0) is 23.2 Å². The molecule has 2 aliphatic carbocycles. The van der Waals surface area contributed by atoms with Gasteiger partial charge in [0, 0.05) is 0 Å². The molecule has 2 aliphatic rings. The summed E-state index contributed by atoms with van der Waals surface area (Å²) >= 11 is -1.12. The van der Waals surface area contributed by atoms with Crippen molar-refractivity contribution >= 4 is 17.7 Å². The Kier molecular flexibility index (Phi) is 8.02. The summed E-state index contributed by atoms with van der Waals surface area (Å²) in [4.78, 5) is 0. The minimum absolute atomic E-state index is 0. The molecule has 0 amide bonds. The largest absolute Gasteiger partial charge is 1.00 e. The number of halogens is 2. The zero-order valence-corrected chi connectivity index (χ0v) is 23.8. The van der Waals surface area contributed by atoms with E-state index < -0.39 is 23.2 Å².